The monoisotopic (exact) mass is 428 g/mol. The lowest BCUT2D eigenvalue weighted by atomic mass is 10.0. The van der Waals surface area contributed by atoms with Gasteiger partial charge in [0.15, 0.2) is 5.69 Å². The number of hydrogen-bond acceptors (Lipinski definition) is 8. The summed E-state index contributed by atoms with van der Waals surface area (Å²) in [6, 6.07) is 10.7. The molecule has 30 heavy (non-hydrogen) atoms. The second kappa shape index (κ2) is 9.09. The van der Waals surface area contributed by atoms with E-state index < -0.39 is 24.0 Å². The van der Waals surface area contributed by atoms with Crippen molar-refractivity contribution in [2.45, 2.75) is 5.16 Å². The molecular formula is C19H16N4O6S. The zero-order valence-corrected chi connectivity index (χ0v) is 16.2. The lowest BCUT2D eigenvalue weighted by Gasteiger charge is -2.11. The summed E-state index contributed by atoms with van der Waals surface area (Å²) in [6.45, 7) is -0.584. The molecule has 0 amide bonds. The first-order valence-corrected chi connectivity index (χ1v) is 9.54. The van der Waals surface area contributed by atoms with Crippen LogP contribution in [0.5, 0.6) is 5.75 Å². The second-order valence-corrected chi connectivity index (χ2v) is 6.91. The van der Waals surface area contributed by atoms with E-state index in [0.29, 0.717) is 5.56 Å². The number of nitrogens with one attached hydrogen (secondary N) is 1. The first-order valence-electron chi connectivity index (χ1n) is 8.55. The Balaban J connectivity index is 2.01. The van der Waals surface area contributed by atoms with Gasteiger partial charge in [0.05, 0.1) is 5.75 Å². The minimum absolute atomic E-state index is 0.0101. The topological polar surface area (TPSA) is 155 Å². The Hall–Kier alpha value is -3.86. The number of rotatable bonds is 8. The second-order valence-electron chi connectivity index (χ2n) is 5.97. The Morgan fingerprint density at radius 3 is 2.57 bits per heavy atom. The van der Waals surface area contributed by atoms with Gasteiger partial charge in [-0.3, -0.25) is 14.4 Å². The van der Waals surface area contributed by atoms with E-state index in [1.54, 1.807) is 6.07 Å². The van der Waals surface area contributed by atoms with Crippen molar-refractivity contribution in [2.24, 2.45) is 0 Å². The van der Waals surface area contributed by atoms with Gasteiger partial charge >= 0.3 is 11.9 Å². The molecule has 2 aromatic carbocycles. The van der Waals surface area contributed by atoms with Crippen molar-refractivity contribution in [1.29, 1.82) is 0 Å². The van der Waals surface area contributed by atoms with Gasteiger partial charge in [-0.05, 0) is 29.0 Å². The van der Waals surface area contributed by atoms with Gasteiger partial charge in [0.2, 0.25) is 5.16 Å². The van der Waals surface area contributed by atoms with Gasteiger partial charge in [-0.15, -0.1) is 10.2 Å². The lowest BCUT2D eigenvalue weighted by Crippen LogP contribution is -2.36. The summed E-state index contributed by atoms with van der Waals surface area (Å²) in [6.07, 6.45) is 2.86. The van der Waals surface area contributed by atoms with Crippen LogP contribution in [0.25, 0.3) is 22.9 Å². The fraction of sp³-hybridized carbons (Fsp3) is 0.105. The van der Waals surface area contributed by atoms with Crippen molar-refractivity contribution >= 4 is 46.6 Å². The Morgan fingerprint density at radius 2 is 1.83 bits per heavy atom. The Kier molecular flexibility index (Phi) is 6.32. The fourth-order valence-electron chi connectivity index (χ4n) is 2.62. The zero-order chi connectivity index (χ0) is 21.7. The van der Waals surface area contributed by atoms with E-state index in [9.17, 15) is 19.5 Å². The van der Waals surface area contributed by atoms with Gasteiger partial charge < -0.3 is 20.7 Å². The van der Waals surface area contributed by atoms with Crippen LogP contribution in [0.4, 0.5) is 0 Å². The molecule has 0 atom stereocenters. The van der Waals surface area contributed by atoms with Crippen LogP contribution in [-0.2, 0) is 9.59 Å². The molecule has 0 fully saturated rings. The van der Waals surface area contributed by atoms with Crippen LogP contribution in [0.2, 0.25) is 0 Å². The summed E-state index contributed by atoms with van der Waals surface area (Å²) in [5, 5.41) is 37.1. The molecule has 10 nitrogen and oxygen atoms in total. The summed E-state index contributed by atoms with van der Waals surface area (Å²) < 4.78 is 0.845. The average molecular weight is 428 g/mol. The number of aromatic nitrogens is 3. The molecule has 0 unspecified atom stereocenters. The lowest BCUT2D eigenvalue weighted by molar-refractivity contribution is -0.135. The van der Waals surface area contributed by atoms with Crippen LogP contribution in [-0.4, -0.2) is 54.4 Å². The highest BCUT2D eigenvalue weighted by atomic mass is 32.2. The molecule has 0 spiro atoms. The maximum atomic E-state index is 12.7. The fourth-order valence-corrected chi connectivity index (χ4v) is 3.25. The van der Waals surface area contributed by atoms with Crippen molar-refractivity contribution in [2.75, 3.05) is 17.7 Å². The third kappa shape index (κ3) is 4.75. The van der Waals surface area contributed by atoms with Crippen LogP contribution in [0.3, 0.4) is 0 Å². The predicted molar refractivity (Wildman–Crippen MR) is 111 cm³/mol. The van der Waals surface area contributed by atoms with E-state index in [1.165, 1.54) is 18.2 Å². The van der Waals surface area contributed by atoms with E-state index in [2.05, 4.69) is 15.6 Å². The van der Waals surface area contributed by atoms with Crippen molar-refractivity contribution in [3.63, 3.8) is 0 Å². The number of aliphatic carboxylic acids is 2. The van der Waals surface area contributed by atoms with Crippen LogP contribution in [0, 0.1) is 0 Å². The van der Waals surface area contributed by atoms with Crippen molar-refractivity contribution in [3.05, 3.63) is 58.0 Å². The number of carboxylic acids is 2. The molecule has 154 valence electrons. The number of thioether (sulfide) groups is 1. The van der Waals surface area contributed by atoms with E-state index in [-0.39, 0.29) is 22.4 Å². The third-order valence-corrected chi connectivity index (χ3v) is 4.84. The highest BCUT2D eigenvalue weighted by molar-refractivity contribution is 7.99. The van der Waals surface area contributed by atoms with Crippen LogP contribution in [0.15, 0.2) is 46.3 Å². The SMILES string of the molecule is O=C(O)CNn1c(SCC(=O)O)nnc(/C=C/c2c(O)ccc3ccccc23)c1=O. The number of phenols is 1. The molecule has 0 saturated carbocycles. The van der Waals surface area contributed by atoms with Gasteiger partial charge in [0.25, 0.3) is 5.56 Å². The molecule has 0 aliphatic rings. The summed E-state index contributed by atoms with van der Waals surface area (Å²) in [5.41, 5.74) is 2.03. The molecule has 4 N–H and O–H groups in total. The Labute approximate surface area is 173 Å². The molecule has 0 radical (unpaired) electrons. The summed E-state index contributed by atoms with van der Waals surface area (Å²) in [7, 11) is 0. The van der Waals surface area contributed by atoms with Gasteiger partial charge in [-0.25, -0.2) is 0 Å². The number of carbonyl (C=O) groups is 2. The minimum atomic E-state index is -1.22. The molecule has 11 heteroatoms. The highest BCUT2D eigenvalue weighted by Crippen LogP contribution is 2.28. The highest BCUT2D eigenvalue weighted by Gasteiger charge is 2.14. The van der Waals surface area contributed by atoms with Crippen LogP contribution < -0.4 is 11.0 Å². The molecule has 0 saturated heterocycles. The normalized spacial score (nSPS) is 11.1. The predicted octanol–water partition coefficient (Wildman–Crippen LogP) is 1.47. The maximum absolute atomic E-state index is 12.7. The first-order chi connectivity index (χ1) is 14.4. The molecular weight excluding hydrogens is 412 g/mol. The van der Waals surface area contributed by atoms with E-state index in [4.69, 9.17) is 10.2 Å². The minimum Gasteiger partial charge on any atom is -0.507 e. The number of aromatic hydroxyl groups is 1. The number of carboxylic acid groups (broad SMARTS) is 2. The zero-order valence-electron chi connectivity index (χ0n) is 15.3. The number of nitrogens with zero attached hydrogens (tertiary/aromatic N) is 3. The van der Waals surface area contributed by atoms with E-state index in [0.717, 1.165) is 27.2 Å². The molecule has 1 heterocycles. The Bertz CT molecular complexity index is 1210. The molecule has 1 aromatic heterocycles. The molecule has 0 bridgehead atoms. The smallest absolute Gasteiger partial charge is 0.324 e. The number of fused-ring (bicyclic) bond motifs is 1. The molecule has 3 rings (SSSR count). The largest absolute Gasteiger partial charge is 0.507 e. The number of phenolic OH excluding ortho intramolecular Hbond substituents is 1. The van der Waals surface area contributed by atoms with Crippen molar-refractivity contribution < 1.29 is 24.9 Å². The van der Waals surface area contributed by atoms with Gasteiger partial charge in [0.1, 0.15) is 12.3 Å². The third-order valence-electron chi connectivity index (χ3n) is 3.93. The van der Waals surface area contributed by atoms with Gasteiger partial charge in [-0.2, -0.15) is 4.68 Å². The maximum Gasteiger partial charge on any atom is 0.324 e. The summed E-state index contributed by atoms with van der Waals surface area (Å²) in [5.74, 6) is -2.72. The van der Waals surface area contributed by atoms with Crippen molar-refractivity contribution in [3.8, 4) is 5.75 Å². The first kappa shape index (κ1) is 20.9. The molecule has 3 aromatic rings. The van der Waals surface area contributed by atoms with E-state index in [1.807, 2.05) is 24.3 Å². The number of hydrogen-bond donors (Lipinski definition) is 4. The average Bonchev–Trinajstić information content (AvgIpc) is 2.71. The quantitative estimate of drug-likeness (QED) is 0.388. The number of benzene rings is 2. The molecule has 0 aliphatic carbocycles. The summed E-state index contributed by atoms with van der Waals surface area (Å²) in [4.78, 5) is 34.4. The van der Waals surface area contributed by atoms with Gasteiger partial charge in [0, 0.05) is 5.56 Å². The van der Waals surface area contributed by atoms with Crippen molar-refractivity contribution in [1.82, 2.24) is 14.9 Å². The Morgan fingerprint density at radius 1 is 1.07 bits per heavy atom. The van der Waals surface area contributed by atoms with Gasteiger partial charge in [-0.1, -0.05) is 42.1 Å². The molecule has 0 aliphatic heterocycles. The van der Waals surface area contributed by atoms with Crippen LogP contribution in [0.1, 0.15) is 11.3 Å². The standard InChI is InChI=1S/C19H16N4O6S/c24-15-8-5-11-3-1-2-4-12(11)13(15)6-7-14-18(29)23(20-9-16(25)26)19(22-21-14)30-10-17(27)28/h1-8,20,24H,9-10H2,(H,25,26)(H,27,28)/b7-6+. The summed E-state index contributed by atoms with van der Waals surface area (Å²) >= 11 is 0.719. The van der Waals surface area contributed by atoms with E-state index >= 15 is 0 Å². The van der Waals surface area contributed by atoms with Crippen LogP contribution >= 0.6 is 11.8 Å².